The number of carbonyl (C=O) groups excluding carboxylic acids is 2. The van der Waals surface area contributed by atoms with E-state index in [9.17, 15) is 29.1 Å². The lowest BCUT2D eigenvalue weighted by molar-refractivity contribution is -0.873. The van der Waals surface area contributed by atoms with Gasteiger partial charge in [-0.05, 0) is 6.42 Å². The van der Waals surface area contributed by atoms with Crippen LogP contribution in [0.1, 0.15) is 90.4 Å². The molecular formula is C25H45NO11. The number of carbonyl (C=O) groups is 5. The summed E-state index contributed by atoms with van der Waals surface area (Å²) >= 11 is 0. The zero-order valence-corrected chi connectivity index (χ0v) is 22.6. The lowest BCUT2D eigenvalue weighted by Gasteiger charge is -2.29. The molecule has 216 valence electrons. The molecular weight excluding hydrogens is 490 g/mol. The molecule has 0 fully saturated rings. The van der Waals surface area contributed by atoms with Crippen molar-refractivity contribution in [1.29, 1.82) is 0 Å². The van der Waals surface area contributed by atoms with E-state index < -0.39 is 48.4 Å². The highest BCUT2D eigenvalue weighted by molar-refractivity contribution is 5.88. The molecule has 0 spiro atoms. The first kappa shape index (κ1) is 36.4. The van der Waals surface area contributed by atoms with Gasteiger partial charge in [0.05, 0.1) is 34.0 Å². The molecule has 0 aromatic heterocycles. The number of rotatable bonds is 20. The second-order valence-corrected chi connectivity index (χ2v) is 10.2. The molecule has 1 unspecified atom stereocenters. The van der Waals surface area contributed by atoms with E-state index in [2.05, 4.69) is 6.92 Å². The largest absolute Gasteiger partial charge is 0.550 e. The van der Waals surface area contributed by atoms with Crippen molar-refractivity contribution in [2.75, 3.05) is 27.7 Å². The van der Waals surface area contributed by atoms with Crippen LogP contribution in [0.15, 0.2) is 0 Å². The van der Waals surface area contributed by atoms with E-state index in [1.165, 1.54) is 38.5 Å². The number of carboxylic acid groups (broad SMARTS) is 4. The smallest absolute Gasteiger partial charge is 0.336 e. The maximum atomic E-state index is 11.9. The minimum atomic E-state index is -2.74. The number of unbranched alkanes of at least 4 members (excludes halogenated alkanes) is 8. The fourth-order valence-electron chi connectivity index (χ4n) is 3.48. The Balaban J connectivity index is 0. The van der Waals surface area contributed by atoms with Crippen LogP contribution in [-0.4, -0.2) is 94.1 Å². The van der Waals surface area contributed by atoms with Crippen LogP contribution >= 0.6 is 0 Å². The number of aliphatic carboxylic acids is 4. The topological polar surface area (TPSA) is 199 Å². The molecule has 0 amide bonds. The maximum absolute atomic E-state index is 11.9. The Hall–Kier alpha value is -2.73. The zero-order valence-electron chi connectivity index (χ0n) is 22.6. The van der Waals surface area contributed by atoms with Gasteiger partial charge in [0.2, 0.25) is 0 Å². The number of nitrogens with zero attached hydrogens (tertiary/aromatic N) is 1. The lowest BCUT2D eigenvalue weighted by Crippen LogP contribution is -2.45. The molecule has 0 aliphatic carbocycles. The summed E-state index contributed by atoms with van der Waals surface area (Å²) in [6.07, 6.45) is 7.98. The molecule has 12 heteroatoms. The normalized spacial score (nSPS) is 12.1. The van der Waals surface area contributed by atoms with Gasteiger partial charge in [-0.15, -0.1) is 0 Å². The Morgan fingerprint density at radius 3 is 1.59 bits per heavy atom. The van der Waals surface area contributed by atoms with Crippen LogP contribution in [-0.2, 0) is 28.7 Å². The van der Waals surface area contributed by atoms with Crippen molar-refractivity contribution in [3.05, 3.63) is 0 Å². The van der Waals surface area contributed by atoms with E-state index in [0.29, 0.717) is 17.4 Å². The van der Waals surface area contributed by atoms with Crippen molar-refractivity contribution >= 4 is 29.8 Å². The van der Waals surface area contributed by atoms with Gasteiger partial charge in [-0.25, -0.2) is 4.79 Å². The van der Waals surface area contributed by atoms with Crippen LogP contribution in [0.25, 0.3) is 0 Å². The molecule has 0 heterocycles. The molecule has 12 nitrogen and oxygen atoms in total. The predicted octanol–water partition coefficient (Wildman–Crippen LogP) is 1.42. The van der Waals surface area contributed by atoms with Crippen molar-refractivity contribution in [3.8, 4) is 0 Å². The summed E-state index contributed by atoms with van der Waals surface area (Å²) in [5.41, 5.74) is -2.74. The number of ether oxygens (including phenoxy) is 1. The van der Waals surface area contributed by atoms with Gasteiger partial charge < -0.3 is 39.5 Å². The highest BCUT2D eigenvalue weighted by Crippen LogP contribution is 2.16. The molecule has 0 bridgehead atoms. The zero-order chi connectivity index (χ0) is 29.1. The van der Waals surface area contributed by atoms with Crippen LogP contribution in [0.3, 0.4) is 0 Å². The van der Waals surface area contributed by atoms with Crippen molar-refractivity contribution in [2.24, 2.45) is 0 Å². The van der Waals surface area contributed by atoms with Gasteiger partial charge >= 0.3 is 23.9 Å². The summed E-state index contributed by atoms with van der Waals surface area (Å²) in [6.45, 7) is 2.69. The number of quaternary nitrogens is 1. The molecule has 0 radical (unpaired) electrons. The predicted molar refractivity (Wildman–Crippen MR) is 131 cm³/mol. The Kier molecular flexibility index (Phi) is 19.1. The third-order valence-electron chi connectivity index (χ3n) is 5.21. The van der Waals surface area contributed by atoms with Crippen LogP contribution in [0.2, 0.25) is 0 Å². The van der Waals surface area contributed by atoms with Gasteiger partial charge in [0.15, 0.2) is 11.7 Å². The van der Waals surface area contributed by atoms with E-state index in [4.69, 9.17) is 25.2 Å². The highest BCUT2D eigenvalue weighted by Gasteiger charge is 2.40. The first-order valence-electron chi connectivity index (χ1n) is 12.6. The van der Waals surface area contributed by atoms with Gasteiger partial charge in [0.25, 0.3) is 0 Å². The quantitative estimate of drug-likeness (QED) is 0.0998. The Bertz CT molecular complexity index is 700. The standard InChI is InChI=1S/C19H37NO4.C6H8O7/c1-5-6-7-8-9-10-11-12-13-14-19(23)24-17(15-18(21)22)16-20(2,3)4;7-3(8)1-6(13,5(11)12)2-4(9)10/h17H,5-16H2,1-4H3;13H,1-2H2,(H,7,8)(H,9,10)(H,11,12). The first-order chi connectivity index (χ1) is 17.0. The number of hydrogen-bond acceptors (Lipinski definition) is 8. The number of hydrogen-bond donors (Lipinski definition) is 4. The second-order valence-electron chi connectivity index (χ2n) is 10.2. The summed E-state index contributed by atoms with van der Waals surface area (Å²) in [6, 6.07) is 0. The molecule has 1 atom stereocenters. The highest BCUT2D eigenvalue weighted by atomic mass is 16.5. The van der Waals surface area contributed by atoms with E-state index in [-0.39, 0.29) is 12.4 Å². The van der Waals surface area contributed by atoms with Gasteiger partial charge in [-0.3, -0.25) is 14.4 Å². The molecule has 0 saturated carbocycles. The third-order valence-corrected chi connectivity index (χ3v) is 5.21. The van der Waals surface area contributed by atoms with E-state index in [1.54, 1.807) is 0 Å². The number of likely N-dealkylation sites (N-methyl/N-ethyl adjacent to an activating group) is 1. The van der Waals surface area contributed by atoms with E-state index >= 15 is 0 Å². The number of carboxylic acids is 4. The Morgan fingerprint density at radius 1 is 0.811 bits per heavy atom. The van der Waals surface area contributed by atoms with Crippen LogP contribution in [0.5, 0.6) is 0 Å². The van der Waals surface area contributed by atoms with Gasteiger partial charge in [0.1, 0.15) is 6.54 Å². The van der Waals surface area contributed by atoms with Crippen LogP contribution in [0.4, 0.5) is 0 Å². The maximum Gasteiger partial charge on any atom is 0.336 e. The van der Waals surface area contributed by atoms with Crippen molar-refractivity contribution < 1.29 is 58.7 Å². The molecule has 0 rings (SSSR count). The molecule has 0 saturated heterocycles. The SMILES string of the molecule is CCCCCCCCCCCC(=O)OC(CC(=O)[O-])C[N+](C)(C)C.O=C(O)CC(O)(CC(=O)O)C(=O)O. The van der Waals surface area contributed by atoms with E-state index in [1.807, 2.05) is 21.1 Å². The summed E-state index contributed by atoms with van der Waals surface area (Å²) in [5.74, 6) is -6.49. The van der Waals surface area contributed by atoms with Gasteiger partial charge in [-0.2, -0.15) is 0 Å². The fraction of sp³-hybridized carbons (Fsp3) is 0.800. The van der Waals surface area contributed by atoms with Crippen LogP contribution < -0.4 is 5.11 Å². The molecule has 0 aliphatic heterocycles. The first-order valence-corrected chi connectivity index (χ1v) is 12.6. The minimum Gasteiger partial charge on any atom is -0.550 e. The molecule has 0 aromatic rings. The second kappa shape index (κ2) is 19.4. The molecule has 0 aliphatic rings. The van der Waals surface area contributed by atoms with Crippen molar-refractivity contribution in [3.63, 3.8) is 0 Å². The summed E-state index contributed by atoms with van der Waals surface area (Å²) < 4.78 is 5.88. The fourth-order valence-corrected chi connectivity index (χ4v) is 3.48. The van der Waals surface area contributed by atoms with Gasteiger partial charge in [0, 0.05) is 18.8 Å². The van der Waals surface area contributed by atoms with Crippen molar-refractivity contribution in [1.82, 2.24) is 0 Å². The number of aliphatic hydroxyl groups is 1. The van der Waals surface area contributed by atoms with E-state index in [0.717, 1.165) is 19.3 Å². The summed E-state index contributed by atoms with van der Waals surface area (Å²) in [5, 5.41) is 44.6. The monoisotopic (exact) mass is 535 g/mol. The summed E-state index contributed by atoms with van der Waals surface area (Å²) in [4.78, 5) is 53.2. The average Bonchev–Trinajstić information content (AvgIpc) is 2.70. The number of esters is 1. The Morgan fingerprint density at radius 2 is 1.24 bits per heavy atom. The third kappa shape index (κ3) is 23.4. The van der Waals surface area contributed by atoms with Crippen molar-refractivity contribution in [2.45, 2.75) is 102 Å². The van der Waals surface area contributed by atoms with Gasteiger partial charge in [-0.1, -0.05) is 58.3 Å². The summed E-state index contributed by atoms with van der Waals surface area (Å²) in [7, 11) is 5.82. The average molecular weight is 536 g/mol. The molecule has 0 aromatic carbocycles. The molecule has 37 heavy (non-hydrogen) atoms. The Labute approximate surface area is 218 Å². The van der Waals surface area contributed by atoms with Crippen LogP contribution in [0, 0.1) is 0 Å². The lowest BCUT2D eigenvalue weighted by atomic mass is 9.96. The molecule has 4 N–H and O–H groups in total. The minimum absolute atomic E-state index is 0.237.